The third-order valence-electron chi connectivity index (χ3n) is 5.77. The second-order valence-electron chi connectivity index (χ2n) is 9.54. The van der Waals surface area contributed by atoms with Gasteiger partial charge in [-0.15, -0.1) is 11.3 Å². The summed E-state index contributed by atoms with van der Waals surface area (Å²) in [6.07, 6.45) is 2.42. The molecule has 0 atom stereocenters. The lowest BCUT2D eigenvalue weighted by molar-refractivity contribution is 0.0225. The van der Waals surface area contributed by atoms with Crippen LogP contribution in [0.5, 0.6) is 0 Å². The van der Waals surface area contributed by atoms with Gasteiger partial charge in [0, 0.05) is 40.5 Å². The van der Waals surface area contributed by atoms with Gasteiger partial charge in [-0.25, -0.2) is 9.59 Å². The Morgan fingerprint density at radius 3 is 2.53 bits per heavy atom. The number of aromatic nitrogens is 1. The molecule has 4 heterocycles. The van der Waals surface area contributed by atoms with Crippen molar-refractivity contribution in [1.82, 2.24) is 9.30 Å². The van der Waals surface area contributed by atoms with Crippen LogP contribution < -0.4 is 0 Å². The molecule has 34 heavy (non-hydrogen) atoms. The van der Waals surface area contributed by atoms with Crippen molar-refractivity contribution >= 4 is 34.7 Å². The van der Waals surface area contributed by atoms with Crippen LogP contribution in [0.3, 0.4) is 0 Å². The number of esters is 1. The molecule has 3 aromatic rings. The highest BCUT2D eigenvalue weighted by Gasteiger charge is 2.27. The zero-order chi connectivity index (χ0) is 24.8. The number of fused-ring (bicyclic) bond motifs is 2. The molecule has 8 heteroatoms. The zero-order valence-electron chi connectivity index (χ0n) is 20.5. The quantitative estimate of drug-likeness (QED) is 0.355. The summed E-state index contributed by atoms with van der Waals surface area (Å²) in [6, 6.07) is 5.87. The van der Waals surface area contributed by atoms with E-state index in [1.54, 1.807) is 36.2 Å². The number of carbonyl (C=O) groups is 3. The Bertz CT molecular complexity index is 1290. The molecule has 0 radical (unpaired) electrons. The first-order chi connectivity index (χ1) is 16.0. The molecule has 1 aliphatic heterocycles. The van der Waals surface area contributed by atoms with E-state index in [1.165, 1.54) is 11.8 Å². The molecule has 0 saturated heterocycles. The largest absolute Gasteiger partial charge is 0.462 e. The van der Waals surface area contributed by atoms with Crippen LogP contribution in [0.15, 0.2) is 24.4 Å². The number of ether oxygens (including phenoxy) is 2. The van der Waals surface area contributed by atoms with E-state index in [0.29, 0.717) is 29.9 Å². The van der Waals surface area contributed by atoms with E-state index in [9.17, 15) is 14.4 Å². The first-order valence-electron chi connectivity index (χ1n) is 11.4. The monoisotopic (exact) mass is 482 g/mol. The summed E-state index contributed by atoms with van der Waals surface area (Å²) in [5.41, 5.74) is 3.80. The maximum Gasteiger partial charge on any atom is 0.410 e. The minimum atomic E-state index is -0.529. The lowest BCUT2D eigenvalue weighted by Gasteiger charge is -2.29. The number of carbonyl (C=O) groups excluding carboxylic acids is 3. The van der Waals surface area contributed by atoms with Crippen LogP contribution in [0.25, 0.3) is 16.0 Å². The van der Waals surface area contributed by atoms with Gasteiger partial charge in [-0.3, -0.25) is 4.79 Å². The number of ketones is 1. The van der Waals surface area contributed by atoms with Gasteiger partial charge in [0.25, 0.3) is 0 Å². The fourth-order valence-electron chi connectivity index (χ4n) is 4.30. The highest BCUT2D eigenvalue weighted by Crippen LogP contribution is 2.37. The van der Waals surface area contributed by atoms with Crippen LogP contribution in [0, 0.1) is 6.92 Å². The summed E-state index contributed by atoms with van der Waals surface area (Å²) in [5.74, 6) is -0.546. The fourth-order valence-corrected chi connectivity index (χ4v) is 5.44. The molecule has 0 saturated carbocycles. The molecular weight excluding hydrogens is 452 g/mol. The highest BCUT2D eigenvalue weighted by atomic mass is 32.1. The van der Waals surface area contributed by atoms with Crippen molar-refractivity contribution in [1.29, 1.82) is 0 Å². The van der Waals surface area contributed by atoms with Crippen LogP contribution >= 0.6 is 11.3 Å². The average molecular weight is 483 g/mol. The van der Waals surface area contributed by atoms with Crippen LogP contribution in [0.1, 0.15) is 71.5 Å². The standard InChI is InChI=1S/C26H30N2O5S/c1-7-32-24(30)20-12-19-10-17(14-28(19)23(15(20)2)16(3)29)22-11-18-13-27(9-8-21(18)34-22)25(31)33-26(4,5)6/h10-12,14H,7-9,13H2,1-6H3. The van der Waals surface area contributed by atoms with E-state index >= 15 is 0 Å². The molecular formula is C26H30N2O5S. The Kier molecular flexibility index (Phi) is 6.29. The van der Waals surface area contributed by atoms with Gasteiger partial charge in [-0.1, -0.05) is 0 Å². The van der Waals surface area contributed by atoms with Gasteiger partial charge in [0.15, 0.2) is 5.78 Å². The summed E-state index contributed by atoms with van der Waals surface area (Å²) >= 11 is 1.70. The molecule has 180 valence electrons. The number of nitrogens with zero attached hydrogens (tertiary/aromatic N) is 2. The molecule has 3 aromatic heterocycles. The minimum Gasteiger partial charge on any atom is -0.462 e. The Balaban J connectivity index is 1.69. The predicted molar refractivity (Wildman–Crippen MR) is 132 cm³/mol. The fraction of sp³-hybridized carbons (Fsp3) is 0.423. The molecule has 1 aliphatic rings. The zero-order valence-corrected chi connectivity index (χ0v) is 21.3. The number of hydrogen-bond donors (Lipinski definition) is 0. The van der Waals surface area contributed by atoms with Crippen LogP contribution in [-0.4, -0.2) is 45.9 Å². The molecule has 0 aliphatic carbocycles. The van der Waals surface area contributed by atoms with Crippen molar-refractivity contribution in [2.45, 2.75) is 60.1 Å². The van der Waals surface area contributed by atoms with E-state index < -0.39 is 11.6 Å². The Hall–Kier alpha value is -3.13. The van der Waals surface area contributed by atoms with Crippen molar-refractivity contribution in [2.24, 2.45) is 0 Å². The van der Waals surface area contributed by atoms with Crippen LogP contribution in [0.2, 0.25) is 0 Å². The van der Waals surface area contributed by atoms with Crippen LogP contribution in [-0.2, 0) is 22.4 Å². The Morgan fingerprint density at radius 2 is 1.88 bits per heavy atom. The molecule has 0 unspecified atom stereocenters. The summed E-state index contributed by atoms with van der Waals surface area (Å²) in [5, 5.41) is 0. The number of thiophene rings is 1. The molecule has 1 amide bonds. The number of hydrogen-bond acceptors (Lipinski definition) is 6. The van der Waals surface area contributed by atoms with Gasteiger partial charge in [0.2, 0.25) is 0 Å². The van der Waals surface area contributed by atoms with Gasteiger partial charge in [-0.05, 0) is 70.4 Å². The predicted octanol–water partition coefficient (Wildman–Crippen LogP) is 5.65. The van der Waals surface area contributed by atoms with Crippen molar-refractivity contribution in [2.75, 3.05) is 13.2 Å². The van der Waals surface area contributed by atoms with E-state index in [-0.39, 0.29) is 18.5 Å². The number of amides is 1. The minimum absolute atomic E-state index is 0.116. The lowest BCUT2D eigenvalue weighted by atomic mass is 10.0. The molecule has 0 spiro atoms. The summed E-state index contributed by atoms with van der Waals surface area (Å²) in [7, 11) is 0. The number of pyridine rings is 1. The average Bonchev–Trinajstić information content (AvgIpc) is 3.34. The summed E-state index contributed by atoms with van der Waals surface area (Å²) in [6.45, 7) is 12.0. The van der Waals surface area contributed by atoms with Crippen molar-refractivity contribution in [3.05, 3.63) is 51.7 Å². The van der Waals surface area contributed by atoms with Crippen molar-refractivity contribution in [3.8, 4) is 10.4 Å². The molecule has 0 bridgehead atoms. The normalized spacial score (nSPS) is 13.6. The second kappa shape index (κ2) is 8.91. The first-order valence-corrected chi connectivity index (χ1v) is 12.2. The van der Waals surface area contributed by atoms with Gasteiger partial charge in [0.1, 0.15) is 5.60 Å². The SMILES string of the molecule is CCOC(=O)c1cc2cc(-c3cc4c(s3)CCN(C(=O)OC(C)(C)C)C4)cn2c(C(C)=O)c1C. The van der Waals surface area contributed by atoms with Crippen molar-refractivity contribution in [3.63, 3.8) is 0 Å². The lowest BCUT2D eigenvalue weighted by Crippen LogP contribution is -2.39. The van der Waals surface area contributed by atoms with Gasteiger partial charge < -0.3 is 18.8 Å². The van der Waals surface area contributed by atoms with E-state index in [0.717, 1.165) is 27.9 Å². The van der Waals surface area contributed by atoms with Gasteiger partial charge in [-0.2, -0.15) is 0 Å². The Morgan fingerprint density at radius 1 is 1.15 bits per heavy atom. The third-order valence-corrected chi connectivity index (χ3v) is 7.06. The molecule has 0 aromatic carbocycles. The van der Waals surface area contributed by atoms with E-state index in [2.05, 4.69) is 6.07 Å². The Labute approximate surface area is 203 Å². The third kappa shape index (κ3) is 4.59. The van der Waals surface area contributed by atoms with Crippen molar-refractivity contribution < 1.29 is 23.9 Å². The van der Waals surface area contributed by atoms with Gasteiger partial charge in [0.05, 0.1) is 24.4 Å². The molecule has 4 rings (SSSR count). The number of Topliss-reactive ketones (excluding diaryl/α,β-unsaturated/α-hetero) is 1. The molecule has 7 nitrogen and oxygen atoms in total. The number of rotatable bonds is 4. The topological polar surface area (TPSA) is 77.3 Å². The molecule has 0 N–H and O–H groups in total. The summed E-state index contributed by atoms with van der Waals surface area (Å²) < 4.78 is 12.6. The van der Waals surface area contributed by atoms with E-state index in [4.69, 9.17) is 9.47 Å². The van der Waals surface area contributed by atoms with Gasteiger partial charge >= 0.3 is 12.1 Å². The summed E-state index contributed by atoms with van der Waals surface area (Å²) in [4.78, 5) is 41.5. The van der Waals surface area contributed by atoms with Crippen LogP contribution in [0.4, 0.5) is 4.79 Å². The smallest absolute Gasteiger partial charge is 0.410 e. The maximum atomic E-state index is 12.5. The first kappa shape index (κ1) is 24.0. The second-order valence-corrected chi connectivity index (χ2v) is 10.7. The highest BCUT2D eigenvalue weighted by molar-refractivity contribution is 7.15. The maximum absolute atomic E-state index is 12.5. The molecule has 0 fully saturated rings. The van der Waals surface area contributed by atoms with E-state index in [1.807, 2.05) is 37.4 Å².